The molecule has 0 radical (unpaired) electrons. The third-order valence-corrected chi connectivity index (χ3v) is 3.79. The molecule has 0 saturated carbocycles. The monoisotopic (exact) mass is 323 g/mol. The zero-order chi connectivity index (χ0) is 13.8. The van der Waals surface area contributed by atoms with Gasteiger partial charge in [-0.3, -0.25) is 0 Å². The molecule has 1 aromatic rings. The molecule has 1 aromatic carbocycles. The van der Waals surface area contributed by atoms with Crippen LogP contribution in [0.2, 0.25) is 0 Å². The number of carbonyl (C=O) groups is 1. The predicted octanol–water partition coefficient (Wildman–Crippen LogP) is 2.26. The van der Waals surface area contributed by atoms with Gasteiger partial charge in [0.2, 0.25) is 0 Å². The lowest BCUT2D eigenvalue weighted by Gasteiger charge is -2.19. The van der Waals surface area contributed by atoms with E-state index < -0.39 is 6.09 Å². The Hall–Kier alpha value is -1.74. The van der Waals surface area contributed by atoms with Crippen molar-refractivity contribution in [3.05, 3.63) is 28.2 Å². The maximum atomic E-state index is 11.2. The Kier molecular flexibility index (Phi) is 4.27. The van der Waals surface area contributed by atoms with Crippen LogP contribution in [0.25, 0.3) is 0 Å². The van der Waals surface area contributed by atoms with Crippen LogP contribution in [0.3, 0.4) is 0 Å². The van der Waals surface area contributed by atoms with Gasteiger partial charge in [-0.25, -0.2) is 4.79 Å². The molecule has 100 valence electrons. The maximum absolute atomic E-state index is 11.2. The van der Waals surface area contributed by atoms with Crippen LogP contribution in [0.15, 0.2) is 22.7 Å². The summed E-state index contributed by atoms with van der Waals surface area (Å²) in [5, 5.41) is 11.7. The Balaban J connectivity index is 2.03. The molecule has 0 bridgehead atoms. The number of anilines is 1. The van der Waals surface area contributed by atoms with E-state index in [1.165, 1.54) is 7.11 Å². The largest absolute Gasteiger partial charge is 0.453 e. The van der Waals surface area contributed by atoms with Crippen LogP contribution in [0.1, 0.15) is 12.0 Å². The summed E-state index contributed by atoms with van der Waals surface area (Å²) in [4.78, 5) is 13.3. The van der Waals surface area contributed by atoms with Gasteiger partial charge >= 0.3 is 6.09 Å². The molecule has 1 heterocycles. The number of alkyl carbamates (subject to hydrolysis) is 1. The number of carbonyl (C=O) groups excluding carboxylic acids is 1. The van der Waals surface area contributed by atoms with Crippen molar-refractivity contribution in [2.75, 3.05) is 25.1 Å². The lowest BCUT2D eigenvalue weighted by Crippen LogP contribution is -2.36. The van der Waals surface area contributed by atoms with Crippen molar-refractivity contribution in [1.29, 1.82) is 5.26 Å². The fourth-order valence-corrected chi connectivity index (χ4v) is 2.58. The van der Waals surface area contributed by atoms with E-state index >= 15 is 0 Å². The molecule has 0 spiro atoms. The van der Waals surface area contributed by atoms with Gasteiger partial charge in [0.05, 0.1) is 18.7 Å². The predicted molar refractivity (Wildman–Crippen MR) is 75.0 cm³/mol. The number of rotatable bonds is 2. The number of halogens is 1. The molecule has 1 unspecified atom stereocenters. The number of nitriles is 1. The van der Waals surface area contributed by atoms with E-state index in [2.05, 4.69) is 37.0 Å². The Morgan fingerprint density at radius 2 is 2.42 bits per heavy atom. The second-order valence-electron chi connectivity index (χ2n) is 4.34. The molecular formula is C13H14BrN3O2. The first kappa shape index (κ1) is 13.7. The van der Waals surface area contributed by atoms with Gasteiger partial charge < -0.3 is 15.0 Å². The quantitative estimate of drug-likeness (QED) is 0.906. The number of nitrogens with zero attached hydrogens (tertiary/aromatic N) is 2. The van der Waals surface area contributed by atoms with Crippen molar-refractivity contribution >= 4 is 27.7 Å². The minimum Gasteiger partial charge on any atom is -0.453 e. The van der Waals surface area contributed by atoms with Gasteiger partial charge in [0, 0.05) is 23.2 Å². The van der Waals surface area contributed by atoms with Crippen LogP contribution in [0.5, 0.6) is 0 Å². The highest BCUT2D eigenvalue weighted by atomic mass is 79.9. The second kappa shape index (κ2) is 5.93. The summed E-state index contributed by atoms with van der Waals surface area (Å²) < 4.78 is 5.38. The number of hydrogen-bond acceptors (Lipinski definition) is 4. The van der Waals surface area contributed by atoms with E-state index in [1.54, 1.807) is 6.07 Å². The number of amides is 1. The standard InChI is InChI=1S/C13H14BrN3O2/c1-19-13(18)16-10-4-5-17(8-10)11-3-2-9(7-15)12(14)6-11/h2-3,6,10H,4-5,8H2,1H3,(H,16,18). The minimum atomic E-state index is -0.396. The van der Waals surface area contributed by atoms with Gasteiger partial charge in [-0.15, -0.1) is 0 Å². The highest BCUT2D eigenvalue weighted by Crippen LogP contribution is 2.26. The molecule has 1 atom stereocenters. The van der Waals surface area contributed by atoms with E-state index in [9.17, 15) is 4.79 Å². The fourth-order valence-electron chi connectivity index (χ4n) is 2.13. The molecule has 1 aliphatic heterocycles. The smallest absolute Gasteiger partial charge is 0.407 e. The van der Waals surface area contributed by atoms with E-state index in [4.69, 9.17) is 5.26 Å². The minimum absolute atomic E-state index is 0.0990. The summed E-state index contributed by atoms with van der Waals surface area (Å²) >= 11 is 3.38. The number of nitrogens with one attached hydrogen (secondary N) is 1. The molecule has 1 fully saturated rings. The number of hydrogen-bond donors (Lipinski definition) is 1. The maximum Gasteiger partial charge on any atom is 0.407 e. The Morgan fingerprint density at radius 1 is 1.63 bits per heavy atom. The van der Waals surface area contributed by atoms with Crippen molar-refractivity contribution in [2.45, 2.75) is 12.5 Å². The highest BCUT2D eigenvalue weighted by Gasteiger charge is 2.24. The van der Waals surface area contributed by atoms with Gasteiger partial charge in [0.15, 0.2) is 0 Å². The van der Waals surface area contributed by atoms with Crippen LogP contribution in [-0.4, -0.2) is 32.3 Å². The normalized spacial score (nSPS) is 17.9. The average Bonchev–Trinajstić information content (AvgIpc) is 2.87. The molecule has 1 N–H and O–H groups in total. The van der Waals surface area contributed by atoms with Crippen LogP contribution in [0, 0.1) is 11.3 Å². The van der Waals surface area contributed by atoms with E-state index in [-0.39, 0.29) is 6.04 Å². The van der Waals surface area contributed by atoms with Crippen LogP contribution >= 0.6 is 15.9 Å². The molecule has 0 aromatic heterocycles. The second-order valence-corrected chi connectivity index (χ2v) is 5.20. The molecule has 1 saturated heterocycles. The molecule has 0 aliphatic carbocycles. The first-order chi connectivity index (χ1) is 9.13. The zero-order valence-corrected chi connectivity index (χ0v) is 12.1. The summed E-state index contributed by atoms with van der Waals surface area (Å²) in [6.07, 6.45) is 0.486. The molecule has 5 nitrogen and oxygen atoms in total. The Labute approximate surface area is 120 Å². The van der Waals surface area contributed by atoms with Crippen LogP contribution in [0.4, 0.5) is 10.5 Å². The number of methoxy groups -OCH3 is 1. The average molecular weight is 324 g/mol. The van der Waals surface area contributed by atoms with Crippen LogP contribution in [-0.2, 0) is 4.74 Å². The van der Waals surface area contributed by atoms with Gasteiger partial charge in [0.25, 0.3) is 0 Å². The van der Waals surface area contributed by atoms with E-state index in [0.717, 1.165) is 29.7 Å². The molecule has 2 rings (SSSR count). The molecule has 19 heavy (non-hydrogen) atoms. The zero-order valence-electron chi connectivity index (χ0n) is 10.5. The van der Waals surface area contributed by atoms with Crippen molar-refractivity contribution in [3.63, 3.8) is 0 Å². The summed E-state index contributed by atoms with van der Waals surface area (Å²) in [6, 6.07) is 7.86. The third-order valence-electron chi connectivity index (χ3n) is 3.13. The van der Waals surface area contributed by atoms with Crippen molar-refractivity contribution < 1.29 is 9.53 Å². The molecule has 1 amide bonds. The lowest BCUT2D eigenvalue weighted by atomic mass is 10.2. The van der Waals surface area contributed by atoms with Crippen LogP contribution < -0.4 is 10.2 Å². The van der Waals surface area contributed by atoms with Crippen molar-refractivity contribution in [3.8, 4) is 6.07 Å². The highest BCUT2D eigenvalue weighted by molar-refractivity contribution is 9.10. The van der Waals surface area contributed by atoms with Crippen molar-refractivity contribution in [1.82, 2.24) is 5.32 Å². The topological polar surface area (TPSA) is 65.4 Å². The Morgan fingerprint density at radius 3 is 3.05 bits per heavy atom. The molecule has 6 heteroatoms. The summed E-state index contributed by atoms with van der Waals surface area (Å²) in [6.45, 7) is 1.61. The van der Waals surface area contributed by atoms with Crippen molar-refractivity contribution in [2.24, 2.45) is 0 Å². The number of benzene rings is 1. The van der Waals surface area contributed by atoms with Gasteiger partial charge in [-0.05, 0) is 40.5 Å². The summed E-state index contributed by atoms with van der Waals surface area (Å²) in [7, 11) is 1.36. The van der Waals surface area contributed by atoms with Gasteiger partial charge in [-0.1, -0.05) is 0 Å². The first-order valence-corrected chi connectivity index (χ1v) is 6.72. The summed E-state index contributed by atoms with van der Waals surface area (Å²) in [5.41, 5.74) is 1.66. The van der Waals surface area contributed by atoms with E-state index in [1.807, 2.05) is 12.1 Å². The first-order valence-electron chi connectivity index (χ1n) is 5.93. The van der Waals surface area contributed by atoms with Gasteiger partial charge in [-0.2, -0.15) is 5.26 Å². The Bertz CT molecular complexity index is 527. The lowest BCUT2D eigenvalue weighted by molar-refractivity contribution is 0.167. The molecule has 1 aliphatic rings. The number of ether oxygens (including phenoxy) is 1. The van der Waals surface area contributed by atoms with E-state index in [0.29, 0.717) is 5.56 Å². The fraction of sp³-hybridized carbons (Fsp3) is 0.385. The SMILES string of the molecule is COC(=O)NC1CCN(c2ccc(C#N)c(Br)c2)C1. The summed E-state index contributed by atoms with van der Waals surface area (Å²) in [5.74, 6) is 0. The third kappa shape index (κ3) is 3.18. The van der Waals surface area contributed by atoms with Gasteiger partial charge in [0.1, 0.15) is 6.07 Å². The molecular weight excluding hydrogens is 310 g/mol.